The molecule has 8 heteroatoms. The molecule has 0 spiro atoms. The number of carbonyl (C=O) groups is 1. The molecular weight excluding hydrogens is 344 g/mol. The average molecular weight is 362 g/mol. The molecular formula is C19H18N6O2. The first-order valence-corrected chi connectivity index (χ1v) is 8.51. The lowest BCUT2D eigenvalue weighted by Crippen LogP contribution is -2.30. The van der Waals surface area contributed by atoms with E-state index in [2.05, 4.69) is 20.6 Å². The summed E-state index contributed by atoms with van der Waals surface area (Å²) < 4.78 is 6.46. The van der Waals surface area contributed by atoms with E-state index in [1.54, 1.807) is 4.57 Å². The summed E-state index contributed by atoms with van der Waals surface area (Å²) in [5, 5.41) is 10.4. The number of rotatable bonds is 5. The van der Waals surface area contributed by atoms with Gasteiger partial charge < -0.3 is 15.6 Å². The van der Waals surface area contributed by atoms with Crippen LogP contribution < -0.4 is 11.1 Å². The fourth-order valence-electron chi connectivity index (χ4n) is 3.02. The summed E-state index contributed by atoms with van der Waals surface area (Å²) in [5.41, 5.74) is 8.72. The van der Waals surface area contributed by atoms with Crippen molar-refractivity contribution in [1.29, 1.82) is 0 Å². The molecule has 2 heterocycles. The number of aromatic nitrogens is 4. The van der Waals surface area contributed by atoms with Crippen molar-refractivity contribution in [2.24, 2.45) is 0 Å². The second kappa shape index (κ2) is 6.91. The van der Waals surface area contributed by atoms with E-state index in [1.807, 2.05) is 61.5 Å². The van der Waals surface area contributed by atoms with Gasteiger partial charge in [0.1, 0.15) is 6.54 Å². The third-order valence-electron chi connectivity index (χ3n) is 4.36. The molecule has 2 aromatic heterocycles. The number of benzene rings is 2. The fourth-order valence-corrected chi connectivity index (χ4v) is 3.02. The number of nitrogens with zero attached hydrogens (tertiary/aromatic N) is 4. The summed E-state index contributed by atoms with van der Waals surface area (Å²) in [6.45, 7) is 2.01. The molecule has 0 fully saturated rings. The van der Waals surface area contributed by atoms with Gasteiger partial charge in [-0.05, 0) is 34.9 Å². The summed E-state index contributed by atoms with van der Waals surface area (Å²) in [7, 11) is 0. The Labute approximate surface area is 155 Å². The van der Waals surface area contributed by atoms with Gasteiger partial charge >= 0.3 is 0 Å². The zero-order valence-corrected chi connectivity index (χ0v) is 14.7. The molecule has 27 heavy (non-hydrogen) atoms. The first-order valence-electron chi connectivity index (χ1n) is 8.51. The third-order valence-corrected chi connectivity index (χ3v) is 4.36. The van der Waals surface area contributed by atoms with Crippen molar-refractivity contribution < 1.29 is 9.42 Å². The van der Waals surface area contributed by atoms with Gasteiger partial charge in [-0.15, -0.1) is 0 Å². The second-order valence-electron chi connectivity index (χ2n) is 6.21. The number of fused-ring (bicyclic) bond motifs is 1. The molecule has 0 saturated heterocycles. The zero-order chi connectivity index (χ0) is 18.8. The van der Waals surface area contributed by atoms with Gasteiger partial charge in [0.15, 0.2) is 17.3 Å². The molecule has 0 unspecified atom stereocenters. The van der Waals surface area contributed by atoms with E-state index in [-0.39, 0.29) is 24.3 Å². The molecule has 3 N–H and O–H groups in total. The van der Waals surface area contributed by atoms with Crippen molar-refractivity contribution in [2.45, 2.75) is 19.5 Å². The van der Waals surface area contributed by atoms with Gasteiger partial charge in [-0.2, -0.15) is 0 Å². The Bertz CT molecular complexity index is 1090. The number of nitrogens with two attached hydrogens (primary N) is 1. The van der Waals surface area contributed by atoms with Crippen molar-refractivity contribution in [2.75, 3.05) is 5.73 Å². The molecule has 1 atom stereocenters. The number of anilines is 1. The topological polar surface area (TPSA) is 112 Å². The number of para-hydroxylation sites is 2. The highest BCUT2D eigenvalue weighted by Gasteiger charge is 2.21. The Morgan fingerprint density at radius 1 is 1.15 bits per heavy atom. The van der Waals surface area contributed by atoms with E-state index in [1.165, 1.54) is 0 Å². The summed E-state index contributed by atoms with van der Waals surface area (Å²) in [4.78, 5) is 17.2. The molecule has 0 aliphatic carbocycles. The van der Waals surface area contributed by atoms with Gasteiger partial charge in [-0.3, -0.25) is 4.79 Å². The SMILES string of the molecule is C[C@@H](NC(=O)Cn1c(-c2nonc2N)nc2ccccc21)c1ccccc1. The van der Waals surface area contributed by atoms with E-state index in [0.29, 0.717) is 11.5 Å². The lowest BCUT2D eigenvalue weighted by atomic mass is 10.1. The molecule has 0 radical (unpaired) electrons. The molecule has 0 saturated carbocycles. The van der Waals surface area contributed by atoms with Gasteiger partial charge in [-0.25, -0.2) is 9.61 Å². The normalized spacial score (nSPS) is 12.2. The van der Waals surface area contributed by atoms with Crippen LogP contribution in [0.4, 0.5) is 5.82 Å². The molecule has 4 aromatic rings. The van der Waals surface area contributed by atoms with Crippen LogP contribution in [0.25, 0.3) is 22.6 Å². The fraction of sp³-hybridized carbons (Fsp3) is 0.158. The minimum absolute atomic E-state index is 0.0688. The van der Waals surface area contributed by atoms with E-state index >= 15 is 0 Å². The van der Waals surface area contributed by atoms with Gasteiger partial charge in [-0.1, -0.05) is 42.5 Å². The molecule has 0 aliphatic heterocycles. The van der Waals surface area contributed by atoms with Crippen molar-refractivity contribution >= 4 is 22.8 Å². The molecule has 0 bridgehead atoms. The van der Waals surface area contributed by atoms with Crippen molar-refractivity contribution in [3.63, 3.8) is 0 Å². The van der Waals surface area contributed by atoms with Crippen LogP contribution in [0.1, 0.15) is 18.5 Å². The van der Waals surface area contributed by atoms with Crippen LogP contribution in [0, 0.1) is 0 Å². The van der Waals surface area contributed by atoms with Crippen molar-refractivity contribution in [1.82, 2.24) is 25.2 Å². The molecule has 1 amide bonds. The van der Waals surface area contributed by atoms with Crippen LogP contribution in [0.3, 0.4) is 0 Å². The number of nitrogens with one attached hydrogen (secondary N) is 1. The van der Waals surface area contributed by atoms with E-state index in [9.17, 15) is 4.79 Å². The predicted octanol–water partition coefficient (Wildman–Crippen LogP) is 2.55. The van der Waals surface area contributed by atoms with E-state index in [4.69, 9.17) is 10.4 Å². The maximum Gasteiger partial charge on any atom is 0.240 e. The number of carbonyl (C=O) groups excluding carboxylic acids is 1. The minimum atomic E-state index is -0.147. The first-order chi connectivity index (χ1) is 13.1. The van der Waals surface area contributed by atoms with Crippen LogP contribution >= 0.6 is 0 Å². The molecule has 2 aromatic carbocycles. The Kier molecular flexibility index (Phi) is 4.29. The number of amides is 1. The maximum atomic E-state index is 12.7. The summed E-state index contributed by atoms with van der Waals surface area (Å²) >= 11 is 0. The maximum absolute atomic E-state index is 12.7. The van der Waals surface area contributed by atoms with Gasteiger partial charge in [0.25, 0.3) is 0 Å². The number of hydrogen-bond acceptors (Lipinski definition) is 6. The first kappa shape index (κ1) is 16.8. The van der Waals surface area contributed by atoms with Crippen LogP contribution in [0.15, 0.2) is 59.2 Å². The van der Waals surface area contributed by atoms with Crippen LogP contribution in [0.5, 0.6) is 0 Å². The van der Waals surface area contributed by atoms with Gasteiger partial charge in [0.2, 0.25) is 5.91 Å². The molecule has 136 valence electrons. The monoisotopic (exact) mass is 362 g/mol. The lowest BCUT2D eigenvalue weighted by Gasteiger charge is -2.15. The standard InChI is InChI=1S/C19H18N6O2/c1-12(13-7-3-2-4-8-13)21-16(26)11-25-15-10-6-5-9-14(15)22-19(25)17-18(20)24-27-23-17/h2-10,12H,11H2,1H3,(H2,20,24)(H,21,26)/t12-/m1/s1. The molecule has 8 nitrogen and oxygen atoms in total. The van der Waals surface area contributed by atoms with Crippen molar-refractivity contribution in [3.05, 3.63) is 60.2 Å². The zero-order valence-electron chi connectivity index (χ0n) is 14.7. The van der Waals surface area contributed by atoms with Gasteiger partial charge in [0.05, 0.1) is 17.1 Å². The number of nitrogen functional groups attached to an aromatic ring is 1. The average Bonchev–Trinajstić information content (AvgIpc) is 3.26. The highest BCUT2D eigenvalue weighted by Crippen LogP contribution is 2.26. The highest BCUT2D eigenvalue weighted by atomic mass is 16.6. The Balaban J connectivity index is 1.65. The van der Waals surface area contributed by atoms with Gasteiger partial charge in [0, 0.05) is 0 Å². The smallest absolute Gasteiger partial charge is 0.240 e. The van der Waals surface area contributed by atoms with Crippen LogP contribution in [-0.2, 0) is 11.3 Å². The summed E-state index contributed by atoms with van der Waals surface area (Å²) in [6, 6.07) is 17.2. The van der Waals surface area contributed by atoms with E-state index in [0.717, 1.165) is 16.6 Å². The Morgan fingerprint density at radius 3 is 2.63 bits per heavy atom. The number of hydrogen-bond donors (Lipinski definition) is 2. The van der Waals surface area contributed by atoms with Crippen molar-refractivity contribution in [3.8, 4) is 11.5 Å². The Hall–Kier alpha value is -3.68. The largest absolute Gasteiger partial charge is 0.379 e. The third kappa shape index (κ3) is 3.24. The lowest BCUT2D eigenvalue weighted by molar-refractivity contribution is -0.122. The molecule has 4 rings (SSSR count). The van der Waals surface area contributed by atoms with Crippen LogP contribution in [0.2, 0.25) is 0 Å². The van der Waals surface area contributed by atoms with Crippen LogP contribution in [-0.4, -0.2) is 25.8 Å². The summed E-state index contributed by atoms with van der Waals surface area (Å²) in [5.74, 6) is 0.424. The summed E-state index contributed by atoms with van der Waals surface area (Å²) in [6.07, 6.45) is 0. The second-order valence-corrected chi connectivity index (χ2v) is 6.21. The predicted molar refractivity (Wildman–Crippen MR) is 100 cm³/mol. The Morgan fingerprint density at radius 2 is 1.89 bits per heavy atom. The molecule has 0 aliphatic rings. The quantitative estimate of drug-likeness (QED) is 0.564. The minimum Gasteiger partial charge on any atom is -0.379 e. The highest BCUT2D eigenvalue weighted by molar-refractivity contribution is 5.85. The van der Waals surface area contributed by atoms with E-state index < -0.39 is 0 Å². The number of imidazole rings is 1.